The average molecular weight is 380 g/mol. The Morgan fingerprint density at radius 3 is 2.68 bits per heavy atom. The second-order valence-electron chi connectivity index (χ2n) is 8.25. The first-order valence-electron chi connectivity index (χ1n) is 10.6. The largest absolute Gasteiger partial charge is 0.394 e. The summed E-state index contributed by atoms with van der Waals surface area (Å²) < 4.78 is 0. The van der Waals surface area contributed by atoms with E-state index in [4.69, 9.17) is 0 Å². The van der Waals surface area contributed by atoms with Crippen LogP contribution in [0.15, 0.2) is 30.3 Å². The van der Waals surface area contributed by atoms with E-state index in [1.54, 1.807) is 4.90 Å². The summed E-state index contributed by atoms with van der Waals surface area (Å²) in [5.74, 6) is -0.148. The number of allylic oxidation sites excluding steroid dienone is 2. The SMILES string of the molecule is N#C[C@H]1[C@H](c2ccccc2C2=CCCC2)[C@@H](CO)N1C(=O)NC1CCCCC1. The van der Waals surface area contributed by atoms with E-state index in [2.05, 4.69) is 29.6 Å². The normalized spacial score (nSPS) is 27.6. The van der Waals surface area contributed by atoms with Gasteiger partial charge in [0.2, 0.25) is 0 Å². The molecule has 2 aliphatic carbocycles. The van der Waals surface area contributed by atoms with Gasteiger partial charge in [-0.2, -0.15) is 5.26 Å². The van der Waals surface area contributed by atoms with Crippen LogP contribution >= 0.6 is 0 Å². The van der Waals surface area contributed by atoms with Gasteiger partial charge in [0, 0.05) is 12.0 Å². The van der Waals surface area contributed by atoms with Crippen LogP contribution in [-0.2, 0) is 0 Å². The summed E-state index contributed by atoms with van der Waals surface area (Å²) in [6.07, 6.45) is 11.1. The summed E-state index contributed by atoms with van der Waals surface area (Å²) in [6.45, 7) is -0.131. The first-order valence-corrected chi connectivity index (χ1v) is 10.6. The second-order valence-corrected chi connectivity index (χ2v) is 8.25. The number of aliphatic hydroxyl groups excluding tert-OH is 1. The molecule has 2 amide bonds. The van der Waals surface area contributed by atoms with Crippen LogP contribution < -0.4 is 5.32 Å². The molecule has 1 aromatic rings. The van der Waals surface area contributed by atoms with Crippen LogP contribution in [0.4, 0.5) is 4.79 Å². The lowest BCUT2D eigenvalue weighted by molar-refractivity contribution is 0.0152. The summed E-state index contributed by atoms with van der Waals surface area (Å²) in [5.41, 5.74) is 3.59. The molecule has 0 spiro atoms. The zero-order valence-electron chi connectivity index (χ0n) is 16.3. The van der Waals surface area contributed by atoms with Crippen molar-refractivity contribution in [2.45, 2.75) is 75.4 Å². The molecular weight excluding hydrogens is 350 g/mol. The van der Waals surface area contributed by atoms with Crippen LogP contribution in [-0.4, -0.2) is 40.8 Å². The predicted molar refractivity (Wildman–Crippen MR) is 109 cm³/mol. The molecule has 148 valence electrons. The summed E-state index contributed by atoms with van der Waals surface area (Å²) in [4.78, 5) is 14.5. The average Bonchev–Trinajstić information content (AvgIpc) is 3.24. The zero-order chi connectivity index (χ0) is 19.5. The predicted octanol–water partition coefficient (Wildman–Crippen LogP) is 3.95. The number of likely N-dealkylation sites (tertiary alicyclic amines) is 1. The van der Waals surface area contributed by atoms with Crippen LogP contribution in [0, 0.1) is 11.3 Å². The fourth-order valence-corrected chi connectivity index (χ4v) is 5.15. The molecule has 3 atom stereocenters. The maximum Gasteiger partial charge on any atom is 0.319 e. The van der Waals surface area contributed by atoms with Crippen molar-refractivity contribution < 1.29 is 9.90 Å². The smallest absolute Gasteiger partial charge is 0.319 e. The minimum atomic E-state index is -0.538. The highest BCUT2D eigenvalue weighted by molar-refractivity contribution is 5.78. The standard InChI is InChI=1S/C23H29N3O2/c24-14-20-22(19-13-7-6-12-18(19)16-8-4-5-9-16)21(15-27)26(20)23(28)25-17-10-2-1-3-11-17/h6-8,12-13,17,20-22,27H,1-5,9-11,15H2,(H,25,28)/t20-,21+,22-/m0/s1. The van der Waals surface area contributed by atoms with E-state index in [1.807, 2.05) is 12.1 Å². The van der Waals surface area contributed by atoms with Gasteiger partial charge in [0.15, 0.2) is 0 Å². The van der Waals surface area contributed by atoms with Gasteiger partial charge >= 0.3 is 6.03 Å². The molecule has 0 aromatic heterocycles. The summed E-state index contributed by atoms with van der Waals surface area (Å²) in [5, 5.41) is 23.0. The Bertz CT molecular complexity index is 791. The van der Waals surface area contributed by atoms with Gasteiger partial charge in [-0.05, 0) is 48.8 Å². The number of nitrogens with one attached hydrogen (secondary N) is 1. The number of amides is 2. The number of rotatable bonds is 4. The molecule has 28 heavy (non-hydrogen) atoms. The van der Waals surface area contributed by atoms with Gasteiger partial charge in [0.1, 0.15) is 6.04 Å². The molecule has 1 saturated carbocycles. The Morgan fingerprint density at radius 1 is 1.21 bits per heavy atom. The maximum atomic E-state index is 12.9. The van der Waals surface area contributed by atoms with Gasteiger partial charge in [-0.25, -0.2) is 4.79 Å². The molecule has 1 aliphatic heterocycles. The minimum Gasteiger partial charge on any atom is -0.394 e. The molecule has 1 heterocycles. The van der Waals surface area contributed by atoms with Crippen molar-refractivity contribution in [2.24, 2.45) is 0 Å². The fourth-order valence-electron chi connectivity index (χ4n) is 5.15. The van der Waals surface area contributed by atoms with Crippen molar-refractivity contribution in [3.8, 4) is 6.07 Å². The van der Waals surface area contributed by atoms with Gasteiger partial charge in [0.05, 0.1) is 18.7 Å². The summed E-state index contributed by atoms with van der Waals surface area (Å²) in [6, 6.07) is 9.62. The lowest BCUT2D eigenvalue weighted by Gasteiger charge is -2.52. The van der Waals surface area contributed by atoms with Crippen LogP contribution in [0.3, 0.4) is 0 Å². The molecule has 3 aliphatic rings. The molecular formula is C23H29N3O2. The number of aliphatic hydroxyl groups is 1. The van der Waals surface area contributed by atoms with Crippen molar-refractivity contribution in [3.05, 3.63) is 41.5 Å². The van der Waals surface area contributed by atoms with Crippen molar-refractivity contribution in [3.63, 3.8) is 0 Å². The van der Waals surface area contributed by atoms with Crippen LogP contribution in [0.1, 0.15) is 68.4 Å². The van der Waals surface area contributed by atoms with Gasteiger partial charge in [0.25, 0.3) is 0 Å². The third kappa shape index (κ3) is 3.42. The quantitative estimate of drug-likeness (QED) is 0.832. The summed E-state index contributed by atoms with van der Waals surface area (Å²) in [7, 11) is 0. The number of hydrogen-bond donors (Lipinski definition) is 2. The van der Waals surface area contributed by atoms with Crippen LogP contribution in [0.2, 0.25) is 0 Å². The van der Waals surface area contributed by atoms with E-state index in [1.165, 1.54) is 17.6 Å². The monoisotopic (exact) mass is 379 g/mol. The van der Waals surface area contributed by atoms with Crippen LogP contribution in [0.25, 0.3) is 5.57 Å². The number of carbonyl (C=O) groups excluding carboxylic acids is 1. The molecule has 5 nitrogen and oxygen atoms in total. The lowest BCUT2D eigenvalue weighted by Crippen LogP contribution is -2.68. The molecule has 0 bridgehead atoms. The third-order valence-electron chi connectivity index (χ3n) is 6.61. The topological polar surface area (TPSA) is 76.4 Å². The number of hydrogen-bond acceptors (Lipinski definition) is 3. The molecule has 0 unspecified atom stereocenters. The second kappa shape index (κ2) is 8.36. The molecule has 1 aromatic carbocycles. The van der Waals surface area contributed by atoms with Crippen molar-refractivity contribution in [1.29, 1.82) is 5.26 Å². The zero-order valence-corrected chi connectivity index (χ0v) is 16.3. The highest BCUT2D eigenvalue weighted by Crippen LogP contribution is 2.44. The Kier molecular flexibility index (Phi) is 5.68. The highest BCUT2D eigenvalue weighted by atomic mass is 16.3. The number of nitriles is 1. The van der Waals surface area contributed by atoms with E-state index in [0.29, 0.717) is 0 Å². The van der Waals surface area contributed by atoms with Gasteiger partial charge < -0.3 is 15.3 Å². The molecule has 4 rings (SSSR count). The Hall–Kier alpha value is -2.32. The number of carbonyl (C=O) groups is 1. The lowest BCUT2D eigenvalue weighted by atomic mass is 9.73. The maximum absolute atomic E-state index is 12.9. The van der Waals surface area contributed by atoms with Gasteiger partial charge in [-0.3, -0.25) is 0 Å². The highest BCUT2D eigenvalue weighted by Gasteiger charge is 2.52. The Morgan fingerprint density at radius 2 is 2.00 bits per heavy atom. The number of nitrogens with zero attached hydrogens (tertiary/aromatic N) is 2. The first kappa shape index (κ1) is 19.0. The van der Waals surface area contributed by atoms with Crippen molar-refractivity contribution in [2.75, 3.05) is 6.61 Å². The van der Waals surface area contributed by atoms with Gasteiger partial charge in [-0.15, -0.1) is 0 Å². The summed E-state index contributed by atoms with van der Waals surface area (Å²) >= 11 is 0. The van der Waals surface area contributed by atoms with E-state index in [0.717, 1.165) is 50.5 Å². The van der Waals surface area contributed by atoms with Crippen molar-refractivity contribution in [1.82, 2.24) is 10.2 Å². The fraction of sp³-hybridized carbons (Fsp3) is 0.565. The molecule has 0 radical (unpaired) electrons. The van der Waals surface area contributed by atoms with Crippen molar-refractivity contribution >= 4 is 11.6 Å². The first-order chi connectivity index (χ1) is 13.7. The molecule has 1 saturated heterocycles. The third-order valence-corrected chi connectivity index (χ3v) is 6.61. The Balaban J connectivity index is 1.56. The number of benzene rings is 1. The molecule has 2 N–H and O–H groups in total. The van der Waals surface area contributed by atoms with Crippen LogP contribution in [0.5, 0.6) is 0 Å². The van der Waals surface area contributed by atoms with E-state index >= 15 is 0 Å². The number of urea groups is 1. The molecule has 2 fully saturated rings. The Labute approximate surface area is 167 Å². The van der Waals surface area contributed by atoms with E-state index < -0.39 is 6.04 Å². The van der Waals surface area contributed by atoms with E-state index in [9.17, 15) is 15.2 Å². The van der Waals surface area contributed by atoms with Gasteiger partial charge in [-0.1, -0.05) is 49.6 Å². The molecule has 5 heteroatoms. The van der Waals surface area contributed by atoms with E-state index in [-0.39, 0.29) is 30.6 Å². The minimum absolute atomic E-state index is 0.131.